The van der Waals surface area contributed by atoms with Gasteiger partial charge >= 0.3 is 0 Å². The van der Waals surface area contributed by atoms with E-state index in [-0.39, 0.29) is 11.1 Å². The Kier molecular flexibility index (Phi) is 5.76. The van der Waals surface area contributed by atoms with E-state index in [0.717, 1.165) is 49.9 Å². The Morgan fingerprint density at radius 2 is 2.00 bits per heavy atom. The molecule has 5 nitrogen and oxygen atoms in total. The number of benzene rings is 2. The second-order valence-corrected chi connectivity index (χ2v) is 10.2. The van der Waals surface area contributed by atoms with Crippen LogP contribution >= 0.6 is 11.6 Å². The van der Waals surface area contributed by atoms with Crippen LogP contribution in [0, 0.1) is 5.82 Å². The molecule has 1 unspecified atom stereocenters. The van der Waals surface area contributed by atoms with Crippen LogP contribution in [-0.2, 0) is 0 Å². The van der Waals surface area contributed by atoms with Crippen LogP contribution in [-0.4, -0.2) is 35.6 Å². The first-order valence-corrected chi connectivity index (χ1v) is 12.7. The van der Waals surface area contributed by atoms with E-state index >= 15 is 0 Å². The molecule has 1 aliphatic carbocycles. The highest BCUT2D eigenvalue weighted by atomic mass is 35.5. The summed E-state index contributed by atoms with van der Waals surface area (Å²) in [6.45, 7) is 5.05. The summed E-state index contributed by atoms with van der Waals surface area (Å²) in [5, 5.41) is 5.77. The van der Waals surface area contributed by atoms with Gasteiger partial charge in [0.25, 0.3) is 0 Å². The molecule has 34 heavy (non-hydrogen) atoms. The normalized spacial score (nSPS) is 23.0. The van der Waals surface area contributed by atoms with Crippen molar-refractivity contribution in [2.24, 2.45) is 0 Å². The molecule has 1 fully saturated rings. The van der Waals surface area contributed by atoms with Crippen molar-refractivity contribution in [1.29, 1.82) is 0 Å². The van der Waals surface area contributed by atoms with Gasteiger partial charge in [0.2, 0.25) is 0 Å². The minimum Gasteiger partial charge on any atom is -0.376 e. The lowest BCUT2D eigenvalue weighted by molar-refractivity contribution is 0.141. The first kappa shape index (κ1) is 22.0. The van der Waals surface area contributed by atoms with Gasteiger partial charge in [-0.1, -0.05) is 42.3 Å². The number of nitrogens with one attached hydrogen (secondary N) is 3. The highest BCUT2D eigenvalue weighted by molar-refractivity contribution is 6.31. The zero-order valence-corrected chi connectivity index (χ0v) is 20.3. The maximum atomic E-state index is 14.8. The molecule has 7 heteroatoms. The van der Waals surface area contributed by atoms with E-state index in [9.17, 15) is 4.39 Å². The number of hydrogen-bond donors (Lipinski definition) is 3. The fourth-order valence-corrected chi connectivity index (χ4v) is 5.82. The molecule has 1 saturated carbocycles. The van der Waals surface area contributed by atoms with Gasteiger partial charge in [-0.25, -0.2) is 4.39 Å². The maximum Gasteiger partial charge on any atom is 0.164 e. The number of rotatable bonds is 4. The Morgan fingerprint density at radius 1 is 1.12 bits per heavy atom. The van der Waals surface area contributed by atoms with Crippen molar-refractivity contribution in [3.63, 3.8) is 0 Å². The standard InChI is InChI=1S/C27H31ClFN5/c1-17-27-21-9-8-19(18-10-13-33(14-11-18)20-4-2-5-20)16-22(21)24(12-15-34(27)32-31-17)30-25-7-3-6-23(28)26(25)29/h3,6-10,16,20,24,30-32H,2,4-5,11-15H2,1H3. The molecule has 2 aromatic carbocycles. The Bertz CT molecular complexity index is 1170. The molecule has 3 aliphatic heterocycles. The molecule has 3 N–H and O–H groups in total. The molecule has 0 bridgehead atoms. The first-order chi connectivity index (χ1) is 16.6. The van der Waals surface area contributed by atoms with Crippen molar-refractivity contribution in [3.8, 4) is 0 Å². The number of allylic oxidation sites excluding steroid dienone is 1. The second kappa shape index (κ2) is 8.91. The van der Waals surface area contributed by atoms with E-state index < -0.39 is 5.82 Å². The Balaban J connectivity index is 1.36. The quantitative estimate of drug-likeness (QED) is 0.525. The van der Waals surface area contributed by atoms with Crippen molar-refractivity contribution in [3.05, 3.63) is 75.7 Å². The summed E-state index contributed by atoms with van der Waals surface area (Å²) in [5.74, 6) is -0.395. The summed E-state index contributed by atoms with van der Waals surface area (Å²) in [6, 6.07) is 12.7. The highest BCUT2D eigenvalue weighted by Gasteiger charge is 2.31. The van der Waals surface area contributed by atoms with Crippen molar-refractivity contribution in [2.45, 2.75) is 51.1 Å². The summed E-state index contributed by atoms with van der Waals surface area (Å²) in [7, 11) is 0. The molecular weight excluding hydrogens is 449 g/mol. The zero-order chi connectivity index (χ0) is 23.2. The van der Waals surface area contributed by atoms with Crippen molar-refractivity contribution >= 4 is 28.6 Å². The van der Waals surface area contributed by atoms with Crippen LogP contribution in [0.15, 0.2) is 48.2 Å². The van der Waals surface area contributed by atoms with E-state index in [0.29, 0.717) is 5.69 Å². The van der Waals surface area contributed by atoms with Gasteiger partial charge in [-0.3, -0.25) is 9.91 Å². The fraction of sp³-hybridized carbons (Fsp3) is 0.407. The van der Waals surface area contributed by atoms with Crippen LogP contribution in [0.1, 0.15) is 61.8 Å². The lowest BCUT2D eigenvalue weighted by atomic mass is 9.88. The van der Waals surface area contributed by atoms with Crippen molar-refractivity contribution in [2.75, 3.05) is 25.0 Å². The summed E-state index contributed by atoms with van der Waals surface area (Å²) >= 11 is 6.08. The molecule has 4 aliphatic rings. The minimum atomic E-state index is -0.395. The average Bonchev–Trinajstić information content (AvgIpc) is 3.10. The number of hydrazine groups is 2. The van der Waals surface area contributed by atoms with Gasteiger partial charge < -0.3 is 10.7 Å². The van der Waals surface area contributed by atoms with Gasteiger partial charge in [0, 0.05) is 31.2 Å². The van der Waals surface area contributed by atoms with Gasteiger partial charge in [-0.2, -0.15) is 0 Å². The smallest absolute Gasteiger partial charge is 0.164 e. The third-order valence-electron chi connectivity index (χ3n) is 7.81. The molecule has 0 spiro atoms. The Hall–Kier alpha value is -2.54. The van der Waals surface area contributed by atoms with Crippen molar-refractivity contribution < 1.29 is 4.39 Å². The lowest BCUT2D eigenvalue weighted by Gasteiger charge is -2.39. The third-order valence-corrected chi connectivity index (χ3v) is 8.10. The molecule has 1 atom stereocenters. The van der Waals surface area contributed by atoms with Gasteiger partial charge in [0.05, 0.1) is 28.1 Å². The predicted octanol–water partition coefficient (Wildman–Crippen LogP) is 5.69. The van der Waals surface area contributed by atoms with E-state index in [1.807, 2.05) is 0 Å². The van der Waals surface area contributed by atoms with Crippen LogP contribution in [0.25, 0.3) is 11.3 Å². The molecule has 3 heterocycles. The molecule has 0 amide bonds. The second-order valence-electron chi connectivity index (χ2n) is 9.81. The third kappa shape index (κ3) is 3.88. The molecule has 6 rings (SSSR count). The maximum absolute atomic E-state index is 14.8. The highest BCUT2D eigenvalue weighted by Crippen LogP contribution is 2.40. The van der Waals surface area contributed by atoms with Crippen LogP contribution in [0.4, 0.5) is 10.1 Å². The summed E-state index contributed by atoms with van der Waals surface area (Å²) < 4.78 is 14.8. The van der Waals surface area contributed by atoms with E-state index in [4.69, 9.17) is 11.6 Å². The van der Waals surface area contributed by atoms with Gasteiger partial charge in [-0.15, -0.1) is 5.53 Å². The number of anilines is 1. The van der Waals surface area contributed by atoms with Gasteiger partial charge in [0.1, 0.15) is 0 Å². The van der Waals surface area contributed by atoms with E-state index in [2.05, 4.69) is 57.4 Å². The van der Waals surface area contributed by atoms with E-state index in [1.54, 1.807) is 18.2 Å². The lowest BCUT2D eigenvalue weighted by Crippen LogP contribution is -2.42. The molecular formula is C27H31ClFN5. The summed E-state index contributed by atoms with van der Waals surface area (Å²) in [4.78, 5) is 2.63. The first-order valence-electron chi connectivity index (χ1n) is 12.4. The minimum absolute atomic E-state index is 0.0358. The summed E-state index contributed by atoms with van der Waals surface area (Å²) in [5.41, 5.74) is 14.3. The molecule has 0 aromatic heterocycles. The molecule has 178 valence electrons. The number of fused-ring (bicyclic) bond motifs is 3. The summed E-state index contributed by atoms with van der Waals surface area (Å²) in [6.07, 6.45) is 8.38. The SMILES string of the molecule is CC1=C2c3ccc(C4=CCN(C5CCC5)CC4)cc3C(Nc3cccc(Cl)c3F)CCN2NN1. The Labute approximate surface area is 205 Å². The van der Waals surface area contributed by atoms with Gasteiger partial charge in [-0.05, 0) is 67.5 Å². The van der Waals surface area contributed by atoms with Gasteiger partial charge in [0.15, 0.2) is 5.82 Å². The van der Waals surface area contributed by atoms with E-state index in [1.165, 1.54) is 41.5 Å². The topological polar surface area (TPSA) is 42.6 Å². The average molecular weight is 480 g/mol. The zero-order valence-electron chi connectivity index (χ0n) is 19.5. The molecule has 2 aromatic rings. The number of hydrogen-bond acceptors (Lipinski definition) is 5. The largest absolute Gasteiger partial charge is 0.376 e. The Morgan fingerprint density at radius 3 is 2.76 bits per heavy atom. The predicted molar refractivity (Wildman–Crippen MR) is 136 cm³/mol. The fourth-order valence-electron chi connectivity index (χ4n) is 5.65. The molecule has 0 saturated heterocycles. The number of halogens is 2. The van der Waals surface area contributed by atoms with Crippen molar-refractivity contribution in [1.82, 2.24) is 20.9 Å². The van der Waals surface area contributed by atoms with Crippen LogP contribution in [0.2, 0.25) is 5.02 Å². The monoisotopic (exact) mass is 479 g/mol. The van der Waals surface area contributed by atoms with Crippen LogP contribution in [0.3, 0.4) is 0 Å². The van der Waals surface area contributed by atoms with Crippen LogP contribution in [0.5, 0.6) is 0 Å². The molecule has 0 radical (unpaired) electrons. The van der Waals surface area contributed by atoms with Crippen LogP contribution < -0.4 is 16.3 Å². The number of nitrogens with zero attached hydrogens (tertiary/aromatic N) is 2.